The van der Waals surface area contributed by atoms with Gasteiger partial charge in [-0.3, -0.25) is 4.79 Å². The highest BCUT2D eigenvalue weighted by molar-refractivity contribution is 9.10. The third kappa shape index (κ3) is 3.31. The molecule has 1 aromatic carbocycles. The van der Waals surface area contributed by atoms with Crippen molar-refractivity contribution in [1.29, 1.82) is 0 Å². The number of morpholine rings is 1. The van der Waals surface area contributed by atoms with E-state index >= 15 is 0 Å². The minimum atomic E-state index is -0.396. The van der Waals surface area contributed by atoms with Gasteiger partial charge in [0, 0.05) is 23.2 Å². The highest BCUT2D eigenvalue weighted by Gasteiger charge is 2.22. The minimum Gasteiger partial charge on any atom is -0.366 e. The average Bonchev–Trinajstić information content (AvgIpc) is 2.41. The van der Waals surface area contributed by atoms with Crippen LogP contribution in [-0.4, -0.2) is 31.7 Å². The number of anilines is 1. The van der Waals surface area contributed by atoms with Gasteiger partial charge in [-0.15, -0.1) is 0 Å². The summed E-state index contributed by atoms with van der Waals surface area (Å²) in [4.78, 5) is 12.0. The van der Waals surface area contributed by atoms with E-state index in [0.29, 0.717) is 13.2 Å². The number of hydrogen-bond donors (Lipinski definition) is 2. The molecule has 0 saturated carbocycles. The molecule has 0 spiro atoms. The maximum absolute atomic E-state index is 12.0. The van der Waals surface area contributed by atoms with Crippen LogP contribution in [0.25, 0.3) is 0 Å². The largest absolute Gasteiger partial charge is 0.366 e. The van der Waals surface area contributed by atoms with Gasteiger partial charge in [0.25, 0.3) is 5.91 Å². The highest BCUT2D eigenvalue weighted by Crippen LogP contribution is 2.21. The fraction of sp³-hybridized carbons (Fsp3) is 0.462. The molecule has 0 aliphatic carbocycles. The third-order valence-corrected chi connectivity index (χ3v) is 3.42. The van der Waals surface area contributed by atoms with Gasteiger partial charge >= 0.3 is 0 Å². The molecule has 1 aliphatic heterocycles. The summed E-state index contributed by atoms with van der Waals surface area (Å²) >= 11 is 3.43. The van der Waals surface area contributed by atoms with Crippen LogP contribution in [0.2, 0.25) is 0 Å². The molecule has 4 nitrogen and oxygen atoms in total. The van der Waals surface area contributed by atoms with Crippen molar-refractivity contribution in [2.45, 2.75) is 19.4 Å². The van der Waals surface area contributed by atoms with Gasteiger partial charge in [0.1, 0.15) is 6.10 Å². The Morgan fingerprint density at radius 3 is 3.11 bits per heavy atom. The van der Waals surface area contributed by atoms with Crippen LogP contribution in [-0.2, 0) is 16.0 Å². The second kappa shape index (κ2) is 6.31. The summed E-state index contributed by atoms with van der Waals surface area (Å²) in [5.74, 6) is -0.0841. The van der Waals surface area contributed by atoms with Crippen molar-refractivity contribution in [3.8, 4) is 0 Å². The number of carbonyl (C=O) groups excluding carboxylic acids is 1. The Labute approximate surface area is 115 Å². The van der Waals surface area contributed by atoms with Crippen LogP contribution in [0.15, 0.2) is 22.7 Å². The van der Waals surface area contributed by atoms with Gasteiger partial charge < -0.3 is 15.4 Å². The van der Waals surface area contributed by atoms with Crippen LogP contribution < -0.4 is 10.6 Å². The SMILES string of the molecule is CCc1cc(Br)ccc1NC(=O)C1CNCCO1. The molecular formula is C13H17BrN2O2. The van der Waals surface area contributed by atoms with E-state index in [1.54, 1.807) is 0 Å². The first-order valence-corrected chi connectivity index (χ1v) is 6.91. The van der Waals surface area contributed by atoms with Crippen LogP contribution >= 0.6 is 15.9 Å². The Balaban J connectivity index is 2.06. The molecule has 1 aromatic rings. The molecule has 98 valence electrons. The van der Waals surface area contributed by atoms with Crippen molar-refractivity contribution in [1.82, 2.24) is 5.32 Å². The van der Waals surface area contributed by atoms with E-state index in [1.165, 1.54) is 0 Å². The van der Waals surface area contributed by atoms with Crippen LogP contribution in [0.1, 0.15) is 12.5 Å². The molecule has 1 amide bonds. The Bertz CT molecular complexity index is 431. The van der Waals surface area contributed by atoms with Crippen LogP contribution in [0.5, 0.6) is 0 Å². The molecule has 0 radical (unpaired) electrons. The summed E-state index contributed by atoms with van der Waals surface area (Å²) in [5, 5.41) is 6.08. The van der Waals surface area contributed by atoms with Gasteiger partial charge in [-0.05, 0) is 30.2 Å². The Morgan fingerprint density at radius 2 is 2.44 bits per heavy atom. The Kier molecular flexibility index (Phi) is 4.74. The predicted octanol–water partition coefficient (Wildman–Crippen LogP) is 1.94. The lowest BCUT2D eigenvalue weighted by molar-refractivity contribution is -0.128. The normalized spacial score (nSPS) is 19.6. The van der Waals surface area contributed by atoms with Crippen molar-refractivity contribution < 1.29 is 9.53 Å². The van der Waals surface area contributed by atoms with E-state index in [9.17, 15) is 4.79 Å². The van der Waals surface area contributed by atoms with E-state index in [0.717, 1.165) is 28.7 Å². The standard InChI is InChI=1S/C13H17BrN2O2/c1-2-9-7-10(14)3-4-11(9)16-13(17)12-8-15-5-6-18-12/h3-4,7,12,15H,2,5-6,8H2,1H3,(H,16,17). The van der Waals surface area contributed by atoms with Crippen molar-refractivity contribution in [3.05, 3.63) is 28.2 Å². The van der Waals surface area contributed by atoms with Crippen molar-refractivity contribution in [3.63, 3.8) is 0 Å². The lowest BCUT2D eigenvalue weighted by atomic mass is 10.1. The molecule has 2 N–H and O–H groups in total. The van der Waals surface area contributed by atoms with Gasteiger partial charge in [0.2, 0.25) is 0 Å². The molecular weight excluding hydrogens is 296 g/mol. The third-order valence-electron chi connectivity index (χ3n) is 2.93. The van der Waals surface area contributed by atoms with Gasteiger partial charge in [0.05, 0.1) is 6.61 Å². The summed E-state index contributed by atoms with van der Waals surface area (Å²) in [6.45, 7) is 4.03. The molecule has 2 rings (SSSR count). The number of amides is 1. The number of carbonyl (C=O) groups is 1. The van der Waals surface area contributed by atoms with Crippen molar-refractivity contribution in [2.75, 3.05) is 25.0 Å². The molecule has 1 unspecified atom stereocenters. The number of benzene rings is 1. The monoisotopic (exact) mass is 312 g/mol. The lowest BCUT2D eigenvalue weighted by Crippen LogP contribution is -2.45. The van der Waals surface area contributed by atoms with Gasteiger partial charge in [0.15, 0.2) is 0 Å². The topological polar surface area (TPSA) is 50.4 Å². The second-order valence-corrected chi connectivity index (χ2v) is 5.12. The number of hydrogen-bond acceptors (Lipinski definition) is 3. The highest BCUT2D eigenvalue weighted by atomic mass is 79.9. The van der Waals surface area contributed by atoms with E-state index < -0.39 is 6.10 Å². The number of halogens is 1. The molecule has 5 heteroatoms. The first-order valence-electron chi connectivity index (χ1n) is 6.12. The Morgan fingerprint density at radius 1 is 1.61 bits per heavy atom. The quantitative estimate of drug-likeness (QED) is 0.897. The maximum Gasteiger partial charge on any atom is 0.254 e. The fourth-order valence-corrected chi connectivity index (χ4v) is 2.33. The number of rotatable bonds is 3. The zero-order valence-corrected chi connectivity index (χ0v) is 11.9. The molecule has 0 aromatic heterocycles. The lowest BCUT2D eigenvalue weighted by Gasteiger charge is -2.23. The molecule has 1 fully saturated rings. The summed E-state index contributed by atoms with van der Waals surface area (Å²) in [7, 11) is 0. The molecule has 0 bridgehead atoms. The molecule has 1 aliphatic rings. The van der Waals surface area contributed by atoms with Crippen molar-refractivity contribution in [2.24, 2.45) is 0 Å². The van der Waals surface area contributed by atoms with Crippen LogP contribution in [0.4, 0.5) is 5.69 Å². The second-order valence-electron chi connectivity index (χ2n) is 4.21. The smallest absolute Gasteiger partial charge is 0.254 e. The first-order chi connectivity index (χ1) is 8.70. The minimum absolute atomic E-state index is 0.0841. The average molecular weight is 313 g/mol. The van der Waals surface area contributed by atoms with Crippen molar-refractivity contribution >= 4 is 27.5 Å². The summed E-state index contributed by atoms with van der Waals surface area (Å²) in [6.07, 6.45) is 0.478. The summed E-state index contributed by atoms with van der Waals surface area (Å²) in [5.41, 5.74) is 1.97. The molecule has 1 atom stereocenters. The summed E-state index contributed by atoms with van der Waals surface area (Å²) in [6, 6.07) is 5.86. The van der Waals surface area contributed by atoms with Crippen LogP contribution in [0, 0.1) is 0 Å². The van der Waals surface area contributed by atoms with E-state index in [1.807, 2.05) is 18.2 Å². The van der Waals surface area contributed by atoms with E-state index in [4.69, 9.17) is 4.74 Å². The van der Waals surface area contributed by atoms with Gasteiger partial charge in [-0.25, -0.2) is 0 Å². The zero-order chi connectivity index (χ0) is 13.0. The Hall–Kier alpha value is -0.910. The molecule has 18 heavy (non-hydrogen) atoms. The summed E-state index contributed by atoms with van der Waals surface area (Å²) < 4.78 is 6.45. The van der Waals surface area contributed by atoms with Crippen LogP contribution in [0.3, 0.4) is 0 Å². The van der Waals surface area contributed by atoms with Gasteiger partial charge in [-0.1, -0.05) is 22.9 Å². The maximum atomic E-state index is 12.0. The number of nitrogens with one attached hydrogen (secondary N) is 2. The molecule has 1 heterocycles. The zero-order valence-electron chi connectivity index (χ0n) is 10.3. The number of ether oxygens (including phenoxy) is 1. The van der Waals surface area contributed by atoms with E-state index in [-0.39, 0.29) is 5.91 Å². The van der Waals surface area contributed by atoms with E-state index in [2.05, 4.69) is 33.5 Å². The number of aryl methyl sites for hydroxylation is 1. The predicted molar refractivity (Wildman–Crippen MR) is 74.8 cm³/mol. The fourth-order valence-electron chi connectivity index (χ4n) is 1.92. The molecule has 1 saturated heterocycles. The van der Waals surface area contributed by atoms with Gasteiger partial charge in [-0.2, -0.15) is 0 Å². The first kappa shape index (κ1) is 13.5.